The highest BCUT2D eigenvalue weighted by molar-refractivity contribution is 5.77. The van der Waals surface area contributed by atoms with Crippen molar-refractivity contribution in [3.8, 4) is 11.5 Å². The number of nitrogens with zero attached hydrogens (tertiary/aromatic N) is 5. The number of anilines is 1. The summed E-state index contributed by atoms with van der Waals surface area (Å²) in [6, 6.07) is 5.99. The number of aromatic nitrogens is 4. The Bertz CT molecular complexity index is 1110. The van der Waals surface area contributed by atoms with Gasteiger partial charge in [0.1, 0.15) is 22.7 Å². The fraction of sp³-hybridized carbons (Fsp3) is 0.391. The van der Waals surface area contributed by atoms with E-state index in [1.165, 1.54) is 0 Å². The van der Waals surface area contributed by atoms with Gasteiger partial charge in [-0.25, -0.2) is 15.0 Å². The fourth-order valence-corrected chi connectivity index (χ4v) is 3.99. The van der Waals surface area contributed by atoms with Gasteiger partial charge in [0.2, 0.25) is 0 Å². The summed E-state index contributed by atoms with van der Waals surface area (Å²) in [5, 5.41) is 13.0. The van der Waals surface area contributed by atoms with Gasteiger partial charge in [-0.05, 0) is 57.4 Å². The predicted octanol–water partition coefficient (Wildman–Crippen LogP) is 3.26. The van der Waals surface area contributed by atoms with E-state index in [9.17, 15) is 9.90 Å². The Hall–Kier alpha value is -3.26. The van der Waals surface area contributed by atoms with E-state index in [-0.39, 0.29) is 6.04 Å². The molecule has 2 N–H and O–H groups in total. The normalized spacial score (nSPS) is 17.5. The summed E-state index contributed by atoms with van der Waals surface area (Å²) < 4.78 is 2.00. The van der Waals surface area contributed by atoms with Crippen LogP contribution in [0.4, 0.5) is 5.82 Å². The number of carboxylic acid groups (broad SMARTS) is 1. The second-order valence-electron chi connectivity index (χ2n) is 8.46. The maximum atomic E-state index is 11.6. The highest BCUT2D eigenvalue weighted by Gasteiger charge is 2.37. The first-order valence-electron chi connectivity index (χ1n) is 10.5. The smallest absolute Gasteiger partial charge is 0.323 e. The van der Waals surface area contributed by atoms with Crippen LogP contribution in [-0.2, 0) is 11.2 Å². The van der Waals surface area contributed by atoms with Crippen LogP contribution < -0.4 is 5.32 Å². The molecule has 0 unspecified atom stereocenters. The van der Waals surface area contributed by atoms with Crippen molar-refractivity contribution in [1.82, 2.24) is 24.3 Å². The molecule has 0 amide bonds. The number of hydrogen-bond acceptors (Lipinski definition) is 6. The summed E-state index contributed by atoms with van der Waals surface area (Å²) in [5.74, 6) is 0.509. The summed E-state index contributed by atoms with van der Waals surface area (Å²) in [4.78, 5) is 27.3. The first kappa shape index (κ1) is 21.0. The van der Waals surface area contributed by atoms with Gasteiger partial charge in [-0.1, -0.05) is 12.1 Å². The number of fused-ring (bicyclic) bond motifs is 1. The van der Waals surface area contributed by atoms with Crippen LogP contribution in [-0.4, -0.2) is 60.0 Å². The van der Waals surface area contributed by atoms with Crippen molar-refractivity contribution in [2.75, 3.05) is 18.4 Å². The van der Waals surface area contributed by atoms with Crippen LogP contribution in [0.2, 0.25) is 0 Å². The minimum Gasteiger partial charge on any atom is -0.480 e. The first-order chi connectivity index (χ1) is 14.9. The Kier molecular flexibility index (Phi) is 5.73. The number of allylic oxidation sites excluding steroid dienone is 1. The lowest BCUT2D eigenvalue weighted by atomic mass is 9.96. The molecular formula is C23H28N6O2. The SMILES string of the molecule is C=CCc1ccc2ncc(-c3nccc(N[C@@H]4CCCN(C(C)(C)C(=O)O)C4)n3)n2c1. The number of likely N-dealkylation sites (tertiary alicyclic amines) is 1. The third-order valence-electron chi connectivity index (χ3n) is 5.92. The fourth-order valence-electron chi connectivity index (χ4n) is 3.99. The number of hydrogen-bond donors (Lipinski definition) is 2. The number of pyridine rings is 1. The highest BCUT2D eigenvalue weighted by atomic mass is 16.4. The molecule has 4 heterocycles. The maximum absolute atomic E-state index is 11.6. The molecule has 4 rings (SSSR count). The van der Waals surface area contributed by atoms with E-state index in [1.54, 1.807) is 26.2 Å². The average molecular weight is 421 g/mol. The number of carboxylic acids is 1. The van der Waals surface area contributed by atoms with Gasteiger partial charge in [-0.15, -0.1) is 6.58 Å². The van der Waals surface area contributed by atoms with E-state index in [4.69, 9.17) is 4.98 Å². The minimum atomic E-state index is -0.892. The van der Waals surface area contributed by atoms with Crippen LogP contribution in [0.15, 0.2) is 49.4 Å². The molecule has 8 nitrogen and oxygen atoms in total. The molecule has 31 heavy (non-hydrogen) atoms. The van der Waals surface area contributed by atoms with E-state index >= 15 is 0 Å². The largest absolute Gasteiger partial charge is 0.480 e. The van der Waals surface area contributed by atoms with Crippen molar-refractivity contribution < 1.29 is 9.90 Å². The van der Waals surface area contributed by atoms with Crippen molar-refractivity contribution in [3.05, 3.63) is 55.0 Å². The average Bonchev–Trinajstić information content (AvgIpc) is 3.17. The van der Waals surface area contributed by atoms with E-state index < -0.39 is 11.5 Å². The van der Waals surface area contributed by atoms with Gasteiger partial charge in [0.25, 0.3) is 0 Å². The first-order valence-corrected chi connectivity index (χ1v) is 10.5. The van der Waals surface area contributed by atoms with Crippen LogP contribution in [0, 0.1) is 0 Å². The monoisotopic (exact) mass is 420 g/mol. The Balaban J connectivity index is 1.55. The third-order valence-corrected chi connectivity index (χ3v) is 5.92. The summed E-state index contributed by atoms with van der Waals surface area (Å²) in [6.07, 6.45) is 10.1. The minimum absolute atomic E-state index is 0.122. The molecule has 0 radical (unpaired) electrons. The van der Waals surface area contributed by atoms with E-state index in [2.05, 4.69) is 21.9 Å². The summed E-state index contributed by atoms with van der Waals surface area (Å²) in [7, 11) is 0. The van der Waals surface area contributed by atoms with Crippen LogP contribution in [0.1, 0.15) is 32.3 Å². The Morgan fingerprint density at radius 2 is 2.19 bits per heavy atom. The molecule has 8 heteroatoms. The standard InChI is InChI=1S/C23H28N6O2/c1-4-6-16-8-9-20-25-13-18(29(20)14-16)21-24-11-10-19(27-21)26-17-7-5-12-28(15-17)23(2,3)22(30)31/h4,8-11,13-14,17H,1,5-7,12,15H2,2-3H3,(H,30,31)(H,24,26,27)/t17-/m1/s1. The van der Waals surface area contributed by atoms with Gasteiger partial charge in [0, 0.05) is 25.0 Å². The second-order valence-corrected chi connectivity index (χ2v) is 8.46. The molecular weight excluding hydrogens is 392 g/mol. The summed E-state index contributed by atoms with van der Waals surface area (Å²) in [5.41, 5.74) is 1.90. The van der Waals surface area contributed by atoms with Crippen LogP contribution >= 0.6 is 0 Å². The summed E-state index contributed by atoms with van der Waals surface area (Å²) >= 11 is 0. The molecule has 1 aliphatic heterocycles. The number of rotatable bonds is 7. The summed E-state index contributed by atoms with van der Waals surface area (Å²) in [6.45, 7) is 8.75. The van der Waals surface area contributed by atoms with Crippen LogP contribution in [0.25, 0.3) is 17.2 Å². The lowest BCUT2D eigenvalue weighted by molar-refractivity contribution is -0.150. The van der Waals surface area contributed by atoms with E-state index in [0.717, 1.165) is 48.5 Å². The maximum Gasteiger partial charge on any atom is 0.323 e. The van der Waals surface area contributed by atoms with E-state index in [1.807, 2.05) is 39.8 Å². The molecule has 1 atom stereocenters. The molecule has 0 spiro atoms. The molecule has 3 aromatic rings. The van der Waals surface area contributed by atoms with Crippen molar-refractivity contribution in [2.45, 2.75) is 44.7 Å². The lowest BCUT2D eigenvalue weighted by Crippen LogP contribution is -2.56. The number of nitrogens with one attached hydrogen (secondary N) is 1. The quantitative estimate of drug-likeness (QED) is 0.567. The number of piperidine rings is 1. The predicted molar refractivity (Wildman–Crippen MR) is 120 cm³/mol. The molecule has 0 aliphatic carbocycles. The van der Waals surface area contributed by atoms with Gasteiger partial charge in [-0.3, -0.25) is 14.1 Å². The molecule has 1 fully saturated rings. The third kappa shape index (κ3) is 4.29. The zero-order chi connectivity index (χ0) is 22.0. The van der Waals surface area contributed by atoms with Gasteiger partial charge in [0.05, 0.1) is 6.20 Å². The second kappa shape index (κ2) is 8.47. The molecule has 162 valence electrons. The van der Waals surface area contributed by atoms with Gasteiger partial charge in [0.15, 0.2) is 5.82 Å². The Labute approximate surface area is 181 Å². The molecule has 0 bridgehead atoms. The van der Waals surface area contributed by atoms with Crippen molar-refractivity contribution in [2.24, 2.45) is 0 Å². The van der Waals surface area contributed by atoms with Gasteiger partial charge in [-0.2, -0.15) is 0 Å². The van der Waals surface area contributed by atoms with E-state index in [0.29, 0.717) is 12.4 Å². The lowest BCUT2D eigenvalue weighted by Gasteiger charge is -2.41. The topological polar surface area (TPSA) is 95.7 Å². The molecule has 3 aromatic heterocycles. The molecule has 0 aromatic carbocycles. The van der Waals surface area contributed by atoms with Gasteiger partial charge >= 0.3 is 5.97 Å². The van der Waals surface area contributed by atoms with Crippen LogP contribution in [0.5, 0.6) is 0 Å². The zero-order valence-corrected chi connectivity index (χ0v) is 18.0. The number of carbonyl (C=O) groups is 1. The molecule has 1 aliphatic rings. The molecule has 1 saturated heterocycles. The zero-order valence-electron chi connectivity index (χ0n) is 18.0. The van der Waals surface area contributed by atoms with Gasteiger partial charge < -0.3 is 10.4 Å². The Morgan fingerprint density at radius 1 is 1.35 bits per heavy atom. The van der Waals surface area contributed by atoms with Crippen LogP contribution in [0.3, 0.4) is 0 Å². The number of imidazole rings is 1. The highest BCUT2D eigenvalue weighted by Crippen LogP contribution is 2.24. The molecule has 0 saturated carbocycles. The number of aliphatic carboxylic acids is 1. The van der Waals surface area contributed by atoms with Crippen molar-refractivity contribution in [3.63, 3.8) is 0 Å². The van der Waals surface area contributed by atoms with Crippen molar-refractivity contribution in [1.29, 1.82) is 0 Å². The Morgan fingerprint density at radius 3 is 2.97 bits per heavy atom. The van der Waals surface area contributed by atoms with Crippen molar-refractivity contribution >= 4 is 17.4 Å².